The molecule has 0 spiro atoms. The van der Waals surface area contributed by atoms with Crippen LogP contribution in [-0.2, 0) is 0 Å². The first-order valence-electron chi connectivity index (χ1n) is 5.82. The van der Waals surface area contributed by atoms with Gasteiger partial charge >= 0.3 is 0 Å². The number of H-pyrrole nitrogens is 1. The van der Waals surface area contributed by atoms with Crippen molar-refractivity contribution in [3.05, 3.63) is 70.4 Å². The Bertz CT molecular complexity index is 826. The van der Waals surface area contributed by atoms with E-state index in [2.05, 4.69) is 4.98 Å². The molecule has 0 saturated carbocycles. The second-order valence-electron chi connectivity index (χ2n) is 4.35. The smallest absolute Gasteiger partial charge is 0.195 e. The molecule has 1 aromatic heterocycles. The molecule has 0 atom stereocenters. The van der Waals surface area contributed by atoms with Gasteiger partial charge < -0.3 is 4.98 Å². The van der Waals surface area contributed by atoms with Gasteiger partial charge in [-0.2, -0.15) is 0 Å². The van der Waals surface area contributed by atoms with Crippen molar-refractivity contribution >= 4 is 28.3 Å². The number of carbonyl (C=O) groups excluding carboxylic acids is 1. The fourth-order valence-corrected chi connectivity index (χ4v) is 2.19. The van der Waals surface area contributed by atoms with Crippen molar-refractivity contribution in [2.24, 2.45) is 0 Å². The molecule has 0 bridgehead atoms. The molecule has 2 nitrogen and oxygen atoms in total. The van der Waals surface area contributed by atoms with Crippen LogP contribution in [0, 0.1) is 11.6 Å². The molecule has 3 aromatic rings. The quantitative estimate of drug-likeness (QED) is 0.700. The minimum absolute atomic E-state index is 0.0495. The minimum atomic E-state index is -0.663. The van der Waals surface area contributed by atoms with Gasteiger partial charge in [0, 0.05) is 28.2 Å². The highest BCUT2D eigenvalue weighted by atomic mass is 35.5. The summed E-state index contributed by atoms with van der Waals surface area (Å²) in [6.45, 7) is 0. The van der Waals surface area contributed by atoms with Crippen molar-refractivity contribution < 1.29 is 13.6 Å². The fraction of sp³-hybridized carbons (Fsp3) is 0. The van der Waals surface area contributed by atoms with Gasteiger partial charge in [0.1, 0.15) is 11.6 Å². The van der Waals surface area contributed by atoms with Crippen molar-refractivity contribution in [2.75, 3.05) is 0 Å². The summed E-state index contributed by atoms with van der Waals surface area (Å²) >= 11 is 5.58. The molecule has 0 saturated heterocycles. The van der Waals surface area contributed by atoms with Crippen LogP contribution in [0.1, 0.15) is 15.9 Å². The Hall–Kier alpha value is -2.20. The molecule has 0 aliphatic carbocycles. The number of aromatic nitrogens is 1. The zero-order valence-electron chi connectivity index (χ0n) is 10.1. The van der Waals surface area contributed by atoms with Crippen LogP contribution in [0.25, 0.3) is 10.9 Å². The maximum absolute atomic E-state index is 13.4. The number of nitrogens with one attached hydrogen (secondary N) is 1. The van der Waals surface area contributed by atoms with E-state index in [9.17, 15) is 13.6 Å². The van der Waals surface area contributed by atoms with Crippen molar-refractivity contribution in [3.63, 3.8) is 0 Å². The fourth-order valence-electron chi connectivity index (χ4n) is 2.07. The molecule has 0 unspecified atom stereocenters. The van der Waals surface area contributed by atoms with Gasteiger partial charge in [-0.1, -0.05) is 11.6 Å². The summed E-state index contributed by atoms with van der Waals surface area (Å²) in [7, 11) is 0. The summed E-state index contributed by atoms with van der Waals surface area (Å²) in [6, 6.07) is 7.94. The van der Waals surface area contributed by atoms with Gasteiger partial charge in [-0.3, -0.25) is 4.79 Å². The Labute approximate surface area is 118 Å². The highest BCUT2D eigenvalue weighted by Gasteiger charge is 2.16. The van der Waals surface area contributed by atoms with Crippen LogP contribution >= 0.6 is 11.6 Å². The number of rotatable bonds is 2. The summed E-state index contributed by atoms with van der Waals surface area (Å²) < 4.78 is 26.7. The molecule has 0 aliphatic heterocycles. The Kier molecular flexibility index (Phi) is 3.03. The monoisotopic (exact) mass is 291 g/mol. The molecule has 100 valence electrons. The van der Waals surface area contributed by atoms with E-state index in [1.165, 1.54) is 30.5 Å². The largest absolute Gasteiger partial charge is 0.360 e. The first-order valence-corrected chi connectivity index (χ1v) is 6.20. The third-order valence-electron chi connectivity index (χ3n) is 3.07. The Morgan fingerprint density at radius 3 is 2.65 bits per heavy atom. The zero-order chi connectivity index (χ0) is 14.3. The Morgan fingerprint density at radius 2 is 1.90 bits per heavy atom. The third kappa shape index (κ3) is 2.08. The lowest BCUT2D eigenvalue weighted by molar-refractivity contribution is 0.104. The molecule has 0 fully saturated rings. The number of ketones is 1. The highest BCUT2D eigenvalue weighted by Crippen LogP contribution is 2.24. The lowest BCUT2D eigenvalue weighted by atomic mass is 10.0. The highest BCUT2D eigenvalue weighted by molar-refractivity contribution is 6.31. The molecule has 1 heterocycles. The number of carbonyl (C=O) groups is 1. The van der Waals surface area contributed by atoms with Crippen molar-refractivity contribution in [1.29, 1.82) is 0 Å². The zero-order valence-corrected chi connectivity index (χ0v) is 10.8. The summed E-state index contributed by atoms with van der Waals surface area (Å²) in [5.41, 5.74) is 1.10. The van der Waals surface area contributed by atoms with Gasteiger partial charge in [-0.15, -0.1) is 0 Å². The van der Waals surface area contributed by atoms with E-state index in [1.807, 2.05) is 0 Å². The maximum atomic E-state index is 13.4. The molecule has 3 rings (SSSR count). The summed E-state index contributed by atoms with van der Waals surface area (Å²) in [5, 5.41) is 0.414. The average Bonchev–Trinajstić information content (AvgIpc) is 2.84. The van der Waals surface area contributed by atoms with Crippen molar-refractivity contribution in [2.45, 2.75) is 0 Å². The number of halogens is 3. The standard InChI is InChI=1S/C15H8ClF2NO/c16-12-3-1-8(5-13(12)18)15(20)11-7-19-14-4-2-9(17)6-10(11)14/h1-7,19H. The Morgan fingerprint density at radius 1 is 1.10 bits per heavy atom. The van der Waals surface area contributed by atoms with Crippen molar-refractivity contribution in [1.82, 2.24) is 4.98 Å². The number of hydrogen-bond acceptors (Lipinski definition) is 1. The van der Waals surface area contributed by atoms with E-state index in [-0.39, 0.29) is 10.6 Å². The van der Waals surface area contributed by atoms with E-state index in [0.717, 1.165) is 6.07 Å². The first-order chi connectivity index (χ1) is 9.56. The lowest BCUT2D eigenvalue weighted by Crippen LogP contribution is -2.01. The summed E-state index contributed by atoms with van der Waals surface area (Å²) in [4.78, 5) is 15.2. The topological polar surface area (TPSA) is 32.9 Å². The van der Waals surface area contributed by atoms with Gasteiger partial charge in [0.25, 0.3) is 0 Å². The van der Waals surface area contributed by atoms with E-state index in [1.54, 1.807) is 6.07 Å². The molecule has 0 radical (unpaired) electrons. The van der Waals surface area contributed by atoms with Crippen LogP contribution < -0.4 is 0 Å². The Balaban J connectivity index is 2.12. The molecular formula is C15H8ClF2NO. The van der Waals surface area contributed by atoms with Crippen LogP contribution in [-0.4, -0.2) is 10.8 Å². The van der Waals surface area contributed by atoms with Gasteiger partial charge in [0.15, 0.2) is 5.78 Å². The predicted octanol–water partition coefficient (Wildman–Crippen LogP) is 4.33. The number of aromatic amines is 1. The second kappa shape index (κ2) is 4.72. The van der Waals surface area contributed by atoms with Gasteiger partial charge in [0.2, 0.25) is 0 Å². The van der Waals surface area contributed by atoms with Gasteiger partial charge in [0.05, 0.1) is 5.02 Å². The molecular weight excluding hydrogens is 284 g/mol. The summed E-state index contributed by atoms with van der Waals surface area (Å²) in [6.07, 6.45) is 1.49. The van der Waals surface area contributed by atoms with E-state index >= 15 is 0 Å². The number of hydrogen-bond donors (Lipinski definition) is 1. The van der Waals surface area contributed by atoms with E-state index in [0.29, 0.717) is 16.5 Å². The molecule has 20 heavy (non-hydrogen) atoms. The maximum Gasteiger partial charge on any atom is 0.195 e. The SMILES string of the molecule is O=C(c1ccc(Cl)c(F)c1)c1c[nH]c2ccc(F)cc12. The van der Waals surface area contributed by atoms with Gasteiger partial charge in [-0.25, -0.2) is 8.78 Å². The van der Waals surface area contributed by atoms with Gasteiger partial charge in [-0.05, 0) is 36.4 Å². The van der Waals surface area contributed by atoms with Crippen LogP contribution in [0.4, 0.5) is 8.78 Å². The average molecular weight is 292 g/mol. The summed E-state index contributed by atoms with van der Waals surface area (Å²) in [5.74, 6) is -1.49. The van der Waals surface area contributed by atoms with Crippen LogP contribution in [0.3, 0.4) is 0 Å². The van der Waals surface area contributed by atoms with E-state index < -0.39 is 17.4 Å². The van der Waals surface area contributed by atoms with Crippen LogP contribution in [0.2, 0.25) is 5.02 Å². The molecule has 2 aromatic carbocycles. The van der Waals surface area contributed by atoms with E-state index in [4.69, 9.17) is 11.6 Å². The van der Waals surface area contributed by atoms with Crippen molar-refractivity contribution in [3.8, 4) is 0 Å². The van der Waals surface area contributed by atoms with Crippen LogP contribution in [0.5, 0.6) is 0 Å². The lowest BCUT2D eigenvalue weighted by Gasteiger charge is -2.01. The third-order valence-corrected chi connectivity index (χ3v) is 3.38. The normalized spacial score (nSPS) is 10.9. The predicted molar refractivity (Wildman–Crippen MR) is 73.1 cm³/mol. The molecule has 5 heteroatoms. The van der Waals surface area contributed by atoms with Crippen LogP contribution in [0.15, 0.2) is 42.6 Å². The molecule has 1 N–H and O–H groups in total. The first kappa shape index (κ1) is 12.8. The number of fused-ring (bicyclic) bond motifs is 1. The number of benzene rings is 2. The minimum Gasteiger partial charge on any atom is -0.360 e. The second-order valence-corrected chi connectivity index (χ2v) is 4.76. The molecule has 0 amide bonds. The molecule has 0 aliphatic rings.